The van der Waals surface area contributed by atoms with Crippen LogP contribution >= 0.6 is 0 Å². The smallest absolute Gasteiger partial charge is 0.323 e. The number of carbonyl (C=O) groups excluding carboxylic acids is 1. The zero-order valence-electron chi connectivity index (χ0n) is 13.9. The summed E-state index contributed by atoms with van der Waals surface area (Å²) < 4.78 is 5.40. The van der Waals surface area contributed by atoms with Gasteiger partial charge < -0.3 is 15.0 Å². The summed E-state index contributed by atoms with van der Waals surface area (Å²) >= 11 is 0. The molecule has 4 nitrogen and oxygen atoms in total. The van der Waals surface area contributed by atoms with Crippen molar-refractivity contribution in [2.24, 2.45) is 5.92 Å². The minimum Gasteiger partial charge on any atom is -0.459 e. The number of ether oxygens (including phenoxy) is 1. The van der Waals surface area contributed by atoms with Crippen molar-refractivity contribution in [2.45, 2.75) is 65.6 Å². The van der Waals surface area contributed by atoms with Gasteiger partial charge in [-0.3, -0.25) is 4.79 Å². The number of nitrogens with zero attached hydrogens (tertiary/aromatic N) is 1. The monoisotopic (exact) mass is 272 g/mol. The standard InChI is InChI=1S/C15H32N2O2/c1-11(2)9-13(10-17(7)8)16-12(3)14(18)19-15(4,5)6/h11-13,16H,9-10H2,1-8H3. The summed E-state index contributed by atoms with van der Waals surface area (Å²) in [7, 11) is 4.10. The van der Waals surface area contributed by atoms with Gasteiger partial charge in [0.2, 0.25) is 0 Å². The van der Waals surface area contributed by atoms with Gasteiger partial charge >= 0.3 is 5.97 Å². The number of nitrogens with one attached hydrogen (secondary N) is 1. The van der Waals surface area contributed by atoms with Gasteiger partial charge in [0.25, 0.3) is 0 Å². The molecule has 0 aromatic heterocycles. The van der Waals surface area contributed by atoms with Crippen molar-refractivity contribution >= 4 is 5.97 Å². The van der Waals surface area contributed by atoms with E-state index in [1.165, 1.54) is 0 Å². The highest BCUT2D eigenvalue weighted by Gasteiger charge is 2.24. The van der Waals surface area contributed by atoms with E-state index in [9.17, 15) is 4.79 Å². The van der Waals surface area contributed by atoms with Crippen LogP contribution in [0.3, 0.4) is 0 Å². The Kier molecular flexibility index (Phi) is 7.60. The lowest BCUT2D eigenvalue weighted by atomic mass is 10.0. The first-order valence-electron chi connectivity index (χ1n) is 7.15. The highest BCUT2D eigenvalue weighted by molar-refractivity contribution is 5.75. The third-order valence-electron chi connectivity index (χ3n) is 2.59. The van der Waals surface area contributed by atoms with E-state index in [1.54, 1.807) is 0 Å². The van der Waals surface area contributed by atoms with Gasteiger partial charge in [-0.05, 0) is 54.1 Å². The van der Waals surface area contributed by atoms with E-state index in [0.717, 1.165) is 13.0 Å². The van der Waals surface area contributed by atoms with Crippen molar-refractivity contribution in [2.75, 3.05) is 20.6 Å². The normalized spacial score (nSPS) is 15.7. The second-order valence-electron chi connectivity index (χ2n) is 7.01. The van der Waals surface area contributed by atoms with Crippen molar-refractivity contribution in [3.63, 3.8) is 0 Å². The molecule has 0 saturated heterocycles. The summed E-state index contributed by atoms with van der Waals surface area (Å²) in [5.74, 6) is 0.420. The number of carbonyl (C=O) groups is 1. The zero-order valence-corrected chi connectivity index (χ0v) is 13.9. The van der Waals surface area contributed by atoms with E-state index in [0.29, 0.717) is 12.0 Å². The molecule has 0 rings (SSSR count). The van der Waals surface area contributed by atoms with E-state index in [2.05, 4.69) is 24.1 Å². The van der Waals surface area contributed by atoms with Crippen molar-refractivity contribution in [1.82, 2.24) is 10.2 Å². The average Bonchev–Trinajstić information content (AvgIpc) is 2.11. The molecule has 0 saturated carbocycles. The maximum atomic E-state index is 12.0. The SMILES string of the molecule is CC(C)CC(CN(C)C)NC(C)C(=O)OC(C)(C)C. The zero-order chi connectivity index (χ0) is 15.2. The maximum absolute atomic E-state index is 12.0. The minimum absolute atomic E-state index is 0.181. The Morgan fingerprint density at radius 2 is 1.74 bits per heavy atom. The molecule has 0 fully saturated rings. The van der Waals surface area contributed by atoms with Crippen molar-refractivity contribution < 1.29 is 9.53 Å². The molecule has 0 aliphatic heterocycles. The van der Waals surface area contributed by atoms with E-state index in [1.807, 2.05) is 41.8 Å². The molecule has 4 heteroatoms. The molecular formula is C15H32N2O2. The molecule has 19 heavy (non-hydrogen) atoms. The fourth-order valence-electron chi connectivity index (χ4n) is 2.02. The molecule has 1 N–H and O–H groups in total. The molecule has 0 spiro atoms. The Morgan fingerprint density at radius 1 is 1.21 bits per heavy atom. The molecule has 0 radical (unpaired) electrons. The van der Waals surface area contributed by atoms with Crippen LogP contribution < -0.4 is 5.32 Å². The first-order chi connectivity index (χ1) is 8.51. The Hall–Kier alpha value is -0.610. The predicted molar refractivity (Wildman–Crippen MR) is 80.2 cm³/mol. The molecule has 0 amide bonds. The van der Waals surface area contributed by atoms with Crippen LogP contribution in [0.25, 0.3) is 0 Å². The molecule has 0 bridgehead atoms. The van der Waals surface area contributed by atoms with Gasteiger partial charge in [0, 0.05) is 12.6 Å². The molecule has 2 unspecified atom stereocenters. The molecular weight excluding hydrogens is 240 g/mol. The number of esters is 1. The highest BCUT2D eigenvalue weighted by Crippen LogP contribution is 2.10. The summed E-state index contributed by atoms with van der Waals surface area (Å²) in [6.45, 7) is 12.9. The van der Waals surface area contributed by atoms with Gasteiger partial charge in [0.1, 0.15) is 11.6 Å². The summed E-state index contributed by atoms with van der Waals surface area (Å²) in [4.78, 5) is 14.1. The van der Waals surface area contributed by atoms with Gasteiger partial charge in [-0.2, -0.15) is 0 Å². The van der Waals surface area contributed by atoms with Gasteiger partial charge in [0.05, 0.1) is 0 Å². The van der Waals surface area contributed by atoms with Crippen molar-refractivity contribution in [3.05, 3.63) is 0 Å². The number of likely N-dealkylation sites (N-methyl/N-ethyl adjacent to an activating group) is 1. The number of rotatable bonds is 7. The van der Waals surface area contributed by atoms with Crippen molar-refractivity contribution in [1.29, 1.82) is 0 Å². The van der Waals surface area contributed by atoms with Crippen LogP contribution in [0.5, 0.6) is 0 Å². The Bertz CT molecular complexity index is 260. The third-order valence-corrected chi connectivity index (χ3v) is 2.59. The van der Waals surface area contributed by atoms with Crippen LogP contribution in [0.4, 0.5) is 0 Å². The van der Waals surface area contributed by atoms with E-state index in [-0.39, 0.29) is 12.0 Å². The Morgan fingerprint density at radius 3 is 2.11 bits per heavy atom. The maximum Gasteiger partial charge on any atom is 0.323 e. The summed E-state index contributed by atoms with van der Waals surface area (Å²) in [6, 6.07) is 0.0282. The fourth-order valence-corrected chi connectivity index (χ4v) is 2.02. The number of hydrogen-bond donors (Lipinski definition) is 1. The second kappa shape index (κ2) is 7.85. The van der Waals surface area contributed by atoms with Crippen LogP contribution in [0.1, 0.15) is 48.0 Å². The number of hydrogen-bond acceptors (Lipinski definition) is 4. The van der Waals surface area contributed by atoms with Gasteiger partial charge in [0.15, 0.2) is 0 Å². The largest absolute Gasteiger partial charge is 0.459 e. The first kappa shape index (κ1) is 18.4. The summed E-state index contributed by atoms with van der Waals surface area (Å²) in [5, 5.41) is 3.39. The molecule has 0 aromatic rings. The van der Waals surface area contributed by atoms with Gasteiger partial charge in [-0.25, -0.2) is 0 Å². The molecule has 114 valence electrons. The van der Waals surface area contributed by atoms with E-state index in [4.69, 9.17) is 4.74 Å². The lowest BCUT2D eigenvalue weighted by Crippen LogP contribution is -2.48. The van der Waals surface area contributed by atoms with Gasteiger partial charge in [-0.1, -0.05) is 13.8 Å². The topological polar surface area (TPSA) is 41.6 Å². The lowest BCUT2D eigenvalue weighted by molar-refractivity contribution is -0.157. The molecule has 0 aromatic carbocycles. The van der Waals surface area contributed by atoms with E-state index >= 15 is 0 Å². The quantitative estimate of drug-likeness (QED) is 0.722. The first-order valence-corrected chi connectivity index (χ1v) is 7.15. The average molecular weight is 272 g/mol. The van der Waals surface area contributed by atoms with Crippen LogP contribution in [-0.4, -0.2) is 49.2 Å². The third kappa shape index (κ3) is 9.91. The Balaban J connectivity index is 4.44. The van der Waals surface area contributed by atoms with Gasteiger partial charge in [-0.15, -0.1) is 0 Å². The van der Waals surface area contributed by atoms with Crippen LogP contribution in [-0.2, 0) is 9.53 Å². The molecule has 0 heterocycles. The molecule has 2 atom stereocenters. The molecule has 0 aliphatic carbocycles. The Labute approximate surface area is 118 Å². The summed E-state index contributed by atoms with van der Waals surface area (Å²) in [6.07, 6.45) is 1.05. The lowest BCUT2D eigenvalue weighted by Gasteiger charge is -2.28. The van der Waals surface area contributed by atoms with E-state index < -0.39 is 5.60 Å². The van der Waals surface area contributed by atoms with Crippen LogP contribution in [0.15, 0.2) is 0 Å². The van der Waals surface area contributed by atoms with Crippen molar-refractivity contribution in [3.8, 4) is 0 Å². The minimum atomic E-state index is -0.428. The van der Waals surface area contributed by atoms with Crippen LogP contribution in [0, 0.1) is 5.92 Å². The predicted octanol–water partition coefficient (Wildman–Crippen LogP) is 2.28. The van der Waals surface area contributed by atoms with Crippen LogP contribution in [0.2, 0.25) is 0 Å². The fraction of sp³-hybridized carbons (Fsp3) is 0.933. The second-order valence-corrected chi connectivity index (χ2v) is 7.01. The molecule has 0 aliphatic rings. The summed E-state index contributed by atoms with van der Waals surface area (Å²) in [5.41, 5.74) is -0.428. The highest BCUT2D eigenvalue weighted by atomic mass is 16.6.